The first-order valence-electron chi connectivity index (χ1n) is 11.5. The van der Waals surface area contributed by atoms with Crippen LogP contribution < -0.4 is 0 Å². The molecule has 2 N–H and O–H groups in total. The van der Waals surface area contributed by atoms with E-state index in [0.717, 1.165) is 22.3 Å². The Balaban J connectivity index is 1.78. The maximum Gasteiger partial charge on any atom is 0.326 e. The van der Waals surface area contributed by atoms with Gasteiger partial charge in [0.05, 0.1) is 6.61 Å². The molecule has 3 aromatic rings. The zero-order valence-electron chi connectivity index (χ0n) is 20.0. The number of tetrazole rings is 1. The molecule has 0 fully saturated rings. The van der Waals surface area contributed by atoms with Crippen molar-refractivity contribution in [3.63, 3.8) is 0 Å². The van der Waals surface area contributed by atoms with Gasteiger partial charge < -0.3 is 14.8 Å². The summed E-state index contributed by atoms with van der Waals surface area (Å²) in [5.74, 6) is -1.19. The summed E-state index contributed by atoms with van der Waals surface area (Å²) in [5, 5.41) is 33.2. The van der Waals surface area contributed by atoms with Crippen molar-refractivity contribution in [3.8, 4) is 22.5 Å². The molecule has 36 heavy (non-hydrogen) atoms. The molecule has 0 unspecified atom stereocenters. The standard InChI is InChI=1S/C24H28N6O6/c1-16(2)22(24(32)33)29(21(31)9-5-6-14-36-30(34)35)15-17-10-12-18(13-11-17)19-7-3-4-8-20(19)23-25-27-28-26-23/h3-4,7-8,10-13,16,22H,5-6,9,14-15H2,1-2H3,(H,32,33)(H,25,26,27,28)/t22-/m0/s1. The average molecular weight is 497 g/mol. The quantitative estimate of drug-likeness (QED) is 0.205. The van der Waals surface area contributed by atoms with Gasteiger partial charge in [0.15, 0.2) is 5.82 Å². The fraction of sp³-hybridized carbons (Fsp3) is 0.375. The van der Waals surface area contributed by atoms with Crippen LogP contribution in [0.5, 0.6) is 0 Å². The van der Waals surface area contributed by atoms with Gasteiger partial charge in [-0.2, -0.15) is 0 Å². The summed E-state index contributed by atoms with van der Waals surface area (Å²) in [5.41, 5.74) is 3.43. The maximum absolute atomic E-state index is 13.0. The fourth-order valence-electron chi connectivity index (χ4n) is 3.98. The minimum absolute atomic E-state index is 0.0637. The summed E-state index contributed by atoms with van der Waals surface area (Å²) < 4.78 is 0. The Labute approximate surface area is 207 Å². The number of nitrogens with zero attached hydrogens (tertiary/aromatic N) is 5. The number of carboxylic acids is 1. The average Bonchev–Trinajstić information content (AvgIpc) is 3.38. The van der Waals surface area contributed by atoms with E-state index in [1.165, 1.54) is 4.90 Å². The van der Waals surface area contributed by atoms with Gasteiger partial charge in [0, 0.05) is 18.5 Å². The van der Waals surface area contributed by atoms with Gasteiger partial charge in [0.1, 0.15) is 6.04 Å². The van der Waals surface area contributed by atoms with E-state index < -0.39 is 17.1 Å². The molecule has 0 spiro atoms. The number of amides is 1. The number of H-pyrrole nitrogens is 1. The number of hydrogen-bond acceptors (Lipinski definition) is 8. The van der Waals surface area contributed by atoms with Crippen LogP contribution in [0, 0.1) is 16.0 Å². The number of rotatable bonds is 13. The van der Waals surface area contributed by atoms with Crippen LogP contribution in [0.4, 0.5) is 0 Å². The predicted octanol–water partition coefficient (Wildman–Crippen LogP) is 3.35. The van der Waals surface area contributed by atoms with Gasteiger partial charge in [-0.25, -0.2) is 9.89 Å². The lowest BCUT2D eigenvalue weighted by Crippen LogP contribution is -2.47. The highest BCUT2D eigenvalue weighted by Crippen LogP contribution is 2.30. The molecule has 0 aliphatic heterocycles. The van der Waals surface area contributed by atoms with Crippen molar-refractivity contribution in [2.45, 2.75) is 45.7 Å². The summed E-state index contributed by atoms with van der Waals surface area (Å²) in [6, 6.07) is 14.2. The van der Waals surface area contributed by atoms with Crippen LogP contribution in [0.3, 0.4) is 0 Å². The number of nitrogens with one attached hydrogen (secondary N) is 1. The Morgan fingerprint density at radius 3 is 2.39 bits per heavy atom. The summed E-state index contributed by atoms with van der Waals surface area (Å²) in [6.07, 6.45) is 0.725. The maximum atomic E-state index is 13.0. The minimum atomic E-state index is -1.08. The van der Waals surface area contributed by atoms with Gasteiger partial charge in [0.25, 0.3) is 5.09 Å². The second-order valence-electron chi connectivity index (χ2n) is 8.56. The summed E-state index contributed by atoms with van der Waals surface area (Å²) in [7, 11) is 0. The van der Waals surface area contributed by atoms with Gasteiger partial charge in [-0.3, -0.25) is 4.79 Å². The zero-order chi connectivity index (χ0) is 26.1. The summed E-state index contributed by atoms with van der Waals surface area (Å²) in [6.45, 7) is 3.51. The first-order chi connectivity index (χ1) is 17.3. The lowest BCUT2D eigenvalue weighted by Gasteiger charge is -2.32. The van der Waals surface area contributed by atoms with E-state index in [1.54, 1.807) is 13.8 Å². The number of unbranched alkanes of at least 4 members (excludes halogenated alkanes) is 1. The topological polar surface area (TPSA) is 164 Å². The largest absolute Gasteiger partial charge is 0.480 e. The van der Waals surface area contributed by atoms with Gasteiger partial charge in [-0.1, -0.05) is 62.4 Å². The number of carbonyl (C=O) groups excluding carboxylic acids is 1. The molecule has 0 saturated carbocycles. The fourth-order valence-corrected chi connectivity index (χ4v) is 3.98. The second-order valence-corrected chi connectivity index (χ2v) is 8.56. The first kappa shape index (κ1) is 26.3. The highest BCUT2D eigenvalue weighted by Gasteiger charge is 2.32. The van der Waals surface area contributed by atoms with Crippen LogP contribution in [0.15, 0.2) is 48.5 Å². The SMILES string of the molecule is CC(C)[C@@H](C(=O)O)N(Cc1ccc(-c2ccccc2-c2nnn[nH]2)cc1)C(=O)CCCCO[N+](=O)[O-]. The molecular formula is C24H28N6O6. The molecule has 190 valence electrons. The first-order valence-corrected chi connectivity index (χ1v) is 11.5. The van der Waals surface area contributed by atoms with Crippen LogP contribution >= 0.6 is 0 Å². The molecule has 3 rings (SSSR count). The molecular weight excluding hydrogens is 468 g/mol. The molecule has 12 heteroatoms. The second kappa shape index (κ2) is 12.4. The van der Waals surface area contributed by atoms with Crippen LogP contribution in [0.1, 0.15) is 38.7 Å². The number of aromatic nitrogens is 4. The molecule has 1 aromatic heterocycles. The van der Waals surface area contributed by atoms with Crippen LogP contribution in [0.2, 0.25) is 0 Å². The molecule has 0 radical (unpaired) electrons. The molecule has 0 aliphatic carbocycles. The predicted molar refractivity (Wildman–Crippen MR) is 129 cm³/mol. The molecule has 1 heterocycles. The third-order valence-corrected chi connectivity index (χ3v) is 5.67. The molecule has 0 saturated heterocycles. The number of aromatic amines is 1. The number of carboxylic acid groups (broad SMARTS) is 1. The van der Waals surface area contributed by atoms with Crippen LogP contribution in [-0.2, 0) is 21.0 Å². The Hall–Kier alpha value is -4.35. The van der Waals surface area contributed by atoms with Crippen molar-refractivity contribution in [2.24, 2.45) is 5.92 Å². The molecule has 1 atom stereocenters. The van der Waals surface area contributed by atoms with Crippen LogP contribution in [-0.4, -0.2) is 60.2 Å². The summed E-state index contributed by atoms with van der Waals surface area (Å²) >= 11 is 0. The van der Waals surface area contributed by atoms with E-state index in [9.17, 15) is 24.8 Å². The van der Waals surface area contributed by atoms with E-state index in [1.807, 2.05) is 48.5 Å². The smallest absolute Gasteiger partial charge is 0.326 e. The summed E-state index contributed by atoms with van der Waals surface area (Å²) in [4.78, 5) is 40.9. The monoisotopic (exact) mass is 496 g/mol. The van der Waals surface area contributed by atoms with Crippen molar-refractivity contribution in [1.82, 2.24) is 25.5 Å². The van der Waals surface area contributed by atoms with E-state index in [0.29, 0.717) is 18.7 Å². The Bertz CT molecular complexity index is 1170. The highest BCUT2D eigenvalue weighted by atomic mass is 16.9. The lowest BCUT2D eigenvalue weighted by atomic mass is 9.97. The van der Waals surface area contributed by atoms with Gasteiger partial charge >= 0.3 is 5.97 Å². The van der Waals surface area contributed by atoms with Crippen LogP contribution in [0.25, 0.3) is 22.5 Å². The van der Waals surface area contributed by atoms with E-state index in [4.69, 9.17) is 0 Å². The Morgan fingerprint density at radius 2 is 1.81 bits per heavy atom. The normalized spacial score (nSPS) is 11.8. The molecule has 1 amide bonds. The molecule has 0 aliphatic rings. The van der Waals surface area contributed by atoms with Crippen molar-refractivity contribution in [2.75, 3.05) is 6.61 Å². The van der Waals surface area contributed by atoms with Crippen molar-refractivity contribution in [1.29, 1.82) is 0 Å². The lowest BCUT2D eigenvalue weighted by molar-refractivity contribution is -0.757. The minimum Gasteiger partial charge on any atom is -0.480 e. The highest BCUT2D eigenvalue weighted by molar-refractivity contribution is 5.84. The van der Waals surface area contributed by atoms with E-state index in [2.05, 4.69) is 25.5 Å². The van der Waals surface area contributed by atoms with Crippen molar-refractivity contribution >= 4 is 11.9 Å². The van der Waals surface area contributed by atoms with Crippen molar-refractivity contribution < 1.29 is 24.6 Å². The third kappa shape index (κ3) is 6.84. The van der Waals surface area contributed by atoms with Gasteiger partial charge in [0.2, 0.25) is 5.91 Å². The zero-order valence-corrected chi connectivity index (χ0v) is 20.0. The van der Waals surface area contributed by atoms with Crippen molar-refractivity contribution in [3.05, 3.63) is 64.2 Å². The number of carbonyl (C=O) groups is 2. The molecule has 2 aromatic carbocycles. The number of aliphatic carboxylic acids is 1. The number of hydrogen-bond donors (Lipinski definition) is 2. The Kier molecular flexibility index (Phi) is 9.03. The third-order valence-electron chi connectivity index (χ3n) is 5.67. The molecule has 12 nitrogen and oxygen atoms in total. The van der Waals surface area contributed by atoms with E-state index >= 15 is 0 Å². The Morgan fingerprint density at radius 1 is 1.11 bits per heavy atom. The molecule has 0 bridgehead atoms. The van der Waals surface area contributed by atoms with Gasteiger partial charge in [-0.15, -0.1) is 15.2 Å². The van der Waals surface area contributed by atoms with Gasteiger partial charge in [-0.05, 0) is 45.9 Å². The van der Waals surface area contributed by atoms with E-state index in [-0.39, 0.29) is 31.4 Å². The number of benzene rings is 2.